The van der Waals surface area contributed by atoms with Crippen LogP contribution in [0, 0.1) is 11.3 Å². The standard InChI is InChI=1S/C16H32N2S/c1-14-5-9-18(10-6-14)8-4-7-17-15-11-16(2,3)13-19-12-15/h14-15,17H,4-13H2,1-3H3. The Balaban J connectivity index is 1.54. The summed E-state index contributed by atoms with van der Waals surface area (Å²) in [6.45, 7) is 12.4. The quantitative estimate of drug-likeness (QED) is 0.780. The molecule has 0 aromatic heterocycles. The van der Waals surface area contributed by atoms with E-state index in [1.54, 1.807) is 0 Å². The number of likely N-dealkylation sites (tertiary alicyclic amines) is 1. The minimum absolute atomic E-state index is 0.531. The predicted octanol–water partition coefficient (Wildman–Crippen LogP) is 3.23. The molecular formula is C16H32N2S. The maximum absolute atomic E-state index is 3.78. The van der Waals surface area contributed by atoms with Gasteiger partial charge in [-0.15, -0.1) is 0 Å². The van der Waals surface area contributed by atoms with Gasteiger partial charge in [-0.05, 0) is 68.9 Å². The Morgan fingerprint density at radius 3 is 2.68 bits per heavy atom. The van der Waals surface area contributed by atoms with Crippen LogP contribution < -0.4 is 5.32 Å². The average Bonchev–Trinajstić information content (AvgIpc) is 2.36. The van der Waals surface area contributed by atoms with Crippen LogP contribution in [0.3, 0.4) is 0 Å². The normalized spacial score (nSPS) is 29.5. The first kappa shape index (κ1) is 15.7. The largest absolute Gasteiger partial charge is 0.313 e. The van der Waals surface area contributed by atoms with Crippen molar-refractivity contribution in [3.05, 3.63) is 0 Å². The number of hydrogen-bond donors (Lipinski definition) is 1. The second kappa shape index (κ2) is 7.33. The van der Waals surface area contributed by atoms with Crippen LogP contribution >= 0.6 is 11.8 Å². The molecule has 2 saturated heterocycles. The number of nitrogens with one attached hydrogen (secondary N) is 1. The fraction of sp³-hybridized carbons (Fsp3) is 1.00. The highest BCUT2D eigenvalue weighted by Gasteiger charge is 2.27. The maximum Gasteiger partial charge on any atom is 0.0163 e. The lowest BCUT2D eigenvalue weighted by Crippen LogP contribution is -2.41. The van der Waals surface area contributed by atoms with Gasteiger partial charge in [0, 0.05) is 11.8 Å². The third-order valence-electron chi connectivity index (χ3n) is 4.57. The van der Waals surface area contributed by atoms with Gasteiger partial charge < -0.3 is 10.2 Å². The highest BCUT2D eigenvalue weighted by Crippen LogP contribution is 2.33. The van der Waals surface area contributed by atoms with Crippen molar-refractivity contribution in [1.82, 2.24) is 10.2 Å². The molecule has 1 atom stereocenters. The Bertz CT molecular complexity index is 259. The van der Waals surface area contributed by atoms with E-state index in [-0.39, 0.29) is 0 Å². The first-order chi connectivity index (χ1) is 9.05. The summed E-state index contributed by atoms with van der Waals surface area (Å²) in [5, 5.41) is 3.78. The molecule has 2 heterocycles. The summed E-state index contributed by atoms with van der Waals surface area (Å²) in [4.78, 5) is 2.65. The summed E-state index contributed by atoms with van der Waals surface area (Å²) in [6, 6.07) is 0.745. The molecule has 112 valence electrons. The maximum atomic E-state index is 3.78. The highest BCUT2D eigenvalue weighted by molar-refractivity contribution is 7.99. The van der Waals surface area contributed by atoms with Crippen LogP contribution in [-0.2, 0) is 0 Å². The van der Waals surface area contributed by atoms with Gasteiger partial charge in [0.05, 0.1) is 0 Å². The summed E-state index contributed by atoms with van der Waals surface area (Å²) in [6.07, 6.45) is 5.47. The minimum atomic E-state index is 0.531. The van der Waals surface area contributed by atoms with E-state index in [1.165, 1.54) is 63.4 Å². The molecule has 2 aliphatic rings. The Hall–Kier alpha value is 0.270. The summed E-state index contributed by atoms with van der Waals surface area (Å²) in [5.74, 6) is 3.60. The van der Waals surface area contributed by atoms with Crippen molar-refractivity contribution < 1.29 is 0 Å². The van der Waals surface area contributed by atoms with Crippen LogP contribution in [-0.4, -0.2) is 48.6 Å². The smallest absolute Gasteiger partial charge is 0.0163 e. The van der Waals surface area contributed by atoms with Crippen LogP contribution in [0.1, 0.15) is 46.5 Å². The van der Waals surface area contributed by atoms with Crippen LogP contribution in [0.4, 0.5) is 0 Å². The van der Waals surface area contributed by atoms with Crippen LogP contribution in [0.25, 0.3) is 0 Å². The van der Waals surface area contributed by atoms with E-state index in [9.17, 15) is 0 Å². The van der Waals surface area contributed by atoms with Gasteiger partial charge in [-0.25, -0.2) is 0 Å². The lowest BCUT2D eigenvalue weighted by molar-refractivity contribution is 0.189. The average molecular weight is 285 g/mol. The Labute approximate surface area is 124 Å². The minimum Gasteiger partial charge on any atom is -0.313 e. The van der Waals surface area contributed by atoms with Crippen LogP contribution in [0.2, 0.25) is 0 Å². The lowest BCUT2D eigenvalue weighted by Gasteiger charge is -2.35. The van der Waals surface area contributed by atoms with Gasteiger partial charge in [0.15, 0.2) is 0 Å². The molecule has 0 spiro atoms. The molecule has 2 nitrogen and oxygen atoms in total. The van der Waals surface area contributed by atoms with Crippen molar-refractivity contribution in [1.29, 1.82) is 0 Å². The molecular weight excluding hydrogens is 252 g/mol. The first-order valence-corrected chi connectivity index (χ1v) is 9.24. The molecule has 0 saturated carbocycles. The van der Waals surface area contributed by atoms with Crippen molar-refractivity contribution in [3.63, 3.8) is 0 Å². The van der Waals surface area contributed by atoms with Crippen molar-refractivity contribution in [3.8, 4) is 0 Å². The summed E-state index contributed by atoms with van der Waals surface area (Å²) in [7, 11) is 0. The molecule has 0 aromatic rings. The number of piperidine rings is 1. The van der Waals surface area contributed by atoms with Crippen molar-refractivity contribution >= 4 is 11.8 Å². The molecule has 0 bridgehead atoms. The van der Waals surface area contributed by atoms with Gasteiger partial charge in [0.25, 0.3) is 0 Å². The number of hydrogen-bond acceptors (Lipinski definition) is 3. The fourth-order valence-electron chi connectivity index (χ4n) is 3.29. The molecule has 0 radical (unpaired) electrons. The molecule has 2 rings (SSSR count). The Kier molecular flexibility index (Phi) is 6.04. The van der Waals surface area contributed by atoms with Gasteiger partial charge in [-0.2, -0.15) is 11.8 Å². The van der Waals surface area contributed by atoms with Crippen LogP contribution in [0.5, 0.6) is 0 Å². The second-order valence-electron chi connectivity index (χ2n) is 7.41. The summed E-state index contributed by atoms with van der Waals surface area (Å²) >= 11 is 2.12. The SMILES string of the molecule is CC1CCN(CCCNC2CSCC(C)(C)C2)CC1. The Morgan fingerprint density at radius 1 is 1.26 bits per heavy atom. The molecule has 0 amide bonds. The molecule has 2 aliphatic heterocycles. The topological polar surface area (TPSA) is 15.3 Å². The zero-order chi connectivity index (χ0) is 13.7. The second-order valence-corrected chi connectivity index (χ2v) is 8.44. The Morgan fingerprint density at radius 2 is 2.00 bits per heavy atom. The van der Waals surface area contributed by atoms with E-state index in [1.807, 2.05) is 0 Å². The monoisotopic (exact) mass is 284 g/mol. The predicted molar refractivity (Wildman–Crippen MR) is 87.0 cm³/mol. The molecule has 0 aliphatic carbocycles. The van der Waals surface area contributed by atoms with E-state index in [2.05, 4.69) is 42.7 Å². The van der Waals surface area contributed by atoms with E-state index in [0.29, 0.717) is 5.41 Å². The van der Waals surface area contributed by atoms with Crippen molar-refractivity contribution in [2.45, 2.75) is 52.5 Å². The molecule has 19 heavy (non-hydrogen) atoms. The van der Waals surface area contributed by atoms with E-state index < -0.39 is 0 Å². The third-order valence-corrected chi connectivity index (χ3v) is 6.19. The van der Waals surface area contributed by atoms with E-state index >= 15 is 0 Å². The van der Waals surface area contributed by atoms with E-state index in [0.717, 1.165) is 12.0 Å². The van der Waals surface area contributed by atoms with Gasteiger partial charge in [0.1, 0.15) is 0 Å². The molecule has 3 heteroatoms. The zero-order valence-electron chi connectivity index (χ0n) is 13.1. The van der Waals surface area contributed by atoms with Gasteiger partial charge >= 0.3 is 0 Å². The molecule has 1 N–H and O–H groups in total. The number of thioether (sulfide) groups is 1. The van der Waals surface area contributed by atoms with E-state index in [4.69, 9.17) is 0 Å². The molecule has 0 aromatic carbocycles. The summed E-state index contributed by atoms with van der Waals surface area (Å²) < 4.78 is 0. The van der Waals surface area contributed by atoms with Crippen LogP contribution in [0.15, 0.2) is 0 Å². The van der Waals surface area contributed by atoms with Crippen molar-refractivity contribution in [2.24, 2.45) is 11.3 Å². The van der Waals surface area contributed by atoms with Gasteiger partial charge in [-0.3, -0.25) is 0 Å². The molecule has 2 fully saturated rings. The van der Waals surface area contributed by atoms with Gasteiger partial charge in [0.2, 0.25) is 0 Å². The first-order valence-electron chi connectivity index (χ1n) is 8.09. The number of nitrogens with zero attached hydrogens (tertiary/aromatic N) is 1. The lowest BCUT2D eigenvalue weighted by atomic mass is 9.88. The third kappa shape index (κ3) is 5.65. The highest BCUT2D eigenvalue weighted by atomic mass is 32.2. The number of rotatable bonds is 5. The summed E-state index contributed by atoms with van der Waals surface area (Å²) in [5.41, 5.74) is 0.531. The zero-order valence-corrected chi connectivity index (χ0v) is 13.9. The van der Waals surface area contributed by atoms with Crippen molar-refractivity contribution in [2.75, 3.05) is 37.7 Å². The van der Waals surface area contributed by atoms with Gasteiger partial charge in [-0.1, -0.05) is 20.8 Å². The fourth-order valence-corrected chi connectivity index (χ4v) is 4.60. The molecule has 1 unspecified atom stereocenters.